The highest BCUT2D eigenvalue weighted by Gasteiger charge is 2.64. The van der Waals surface area contributed by atoms with Crippen LogP contribution in [-0.4, -0.2) is 73.5 Å². The summed E-state index contributed by atoms with van der Waals surface area (Å²) < 4.78 is 0. The van der Waals surface area contributed by atoms with Crippen molar-refractivity contribution in [1.82, 2.24) is 9.88 Å². The molecular weight excluding hydrogens is 502 g/mol. The fourth-order valence-electron chi connectivity index (χ4n) is 6.57. The van der Waals surface area contributed by atoms with E-state index < -0.39 is 58.0 Å². The zero-order chi connectivity index (χ0) is 28.4. The minimum atomic E-state index is -2.66. The van der Waals surface area contributed by atoms with Gasteiger partial charge in [0.2, 0.25) is 5.78 Å². The van der Waals surface area contributed by atoms with E-state index >= 15 is 0 Å². The second kappa shape index (κ2) is 9.32. The van der Waals surface area contributed by atoms with E-state index in [0.717, 1.165) is 29.5 Å². The summed E-state index contributed by atoms with van der Waals surface area (Å²) in [5.41, 5.74) is 4.92. The Morgan fingerprint density at radius 3 is 2.54 bits per heavy atom. The maximum atomic E-state index is 13.9. The molecule has 4 unspecified atom stereocenters. The Labute approximate surface area is 225 Å². The molecule has 1 amide bonds. The largest absolute Gasteiger partial charge is 0.508 e. The van der Waals surface area contributed by atoms with Crippen molar-refractivity contribution in [2.24, 2.45) is 17.6 Å². The first-order valence-corrected chi connectivity index (χ1v) is 12.9. The van der Waals surface area contributed by atoms with Crippen molar-refractivity contribution in [2.45, 2.75) is 44.2 Å². The maximum absolute atomic E-state index is 13.9. The SMILES string of the molecule is CCCc1cncc(-c2ccc(O)c3c2CC2CC4C(N(C)C)C(=O)C(C(N)=O)=C(O)C4(O)C(=O)C2=C3O)c1. The summed E-state index contributed by atoms with van der Waals surface area (Å²) in [5, 5.41) is 44.8. The minimum Gasteiger partial charge on any atom is -0.508 e. The number of phenols is 1. The number of pyridine rings is 1. The lowest BCUT2D eigenvalue weighted by atomic mass is 9.57. The number of rotatable bonds is 5. The summed E-state index contributed by atoms with van der Waals surface area (Å²) in [6, 6.07) is 4.04. The van der Waals surface area contributed by atoms with E-state index in [1.54, 1.807) is 32.6 Å². The van der Waals surface area contributed by atoms with Crippen LogP contribution in [-0.2, 0) is 27.2 Å². The fraction of sp³-hybridized carbons (Fsp3) is 0.379. The molecule has 3 aliphatic rings. The molecule has 1 aromatic heterocycles. The zero-order valence-corrected chi connectivity index (χ0v) is 21.9. The zero-order valence-electron chi connectivity index (χ0n) is 21.9. The van der Waals surface area contributed by atoms with Gasteiger partial charge >= 0.3 is 0 Å². The standard InChI is InChI=1S/C29H31N3O7/c1-4-5-13-8-15(12-31-11-13)16-6-7-19(33)21-17(16)9-14-10-18-23(32(2)3)25(35)22(28(30)38)27(37)29(18,39)26(36)20(14)24(21)34/h6-8,11-12,14,18,23,33-34,37,39H,4-5,9-10H2,1-3H3,(H2,30,38). The molecule has 0 aliphatic heterocycles. The Bertz CT molecular complexity index is 1490. The van der Waals surface area contributed by atoms with Gasteiger partial charge in [-0.1, -0.05) is 19.4 Å². The highest BCUT2D eigenvalue weighted by molar-refractivity contribution is 6.24. The Morgan fingerprint density at radius 2 is 1.90 bits per heavy atom. The van der Waals surface area contributed by atoms with Gasteiger partial charge in [0.15, 0.2) is 11.4 Å². The van der Waals surface area contributed by atoms with Gasteiger partial charge in [0.05, 0.1) is 11.6 Å². The van der Waals surface area contributed by atoms with Crippen molar-refractivity contribution < 1.29 is 34.8 Å². The fourth-order valence-corrected chi connectivity index (χ4v) is 6.57. The third kappa shape index (κ3) is 3.77. The highest BCUT2D eigenvalue weighted by Crippen LogP contribution is 2.53. The van der Waals surface area contributed by atoms with Gasteiger partial charge in [0, 0.05) is 29.4 Å². The number of phenolic OH excluding ortho intramolecular Hbond substituents is 1. The molecule has 4 atom stereocenters. The molecule has 1 aromatic carbocycles. The van der Waals surface area contributed by atoms with E-state index in [1.807, 2.05) is 6.07 Å². The van der Waals surface area contributed by atoms with Crippen LogP contribution in [0.5, 0.6) is 5.75 Å². The number of nitrogens with two attached hydrogens (primary N) is 1. The van der Waals surface area contributed by atoms with E-state index in [9.17, 15) is 34.8 Å². The number of Topliss-reactive ketones (excluding diaryl/α,β-unsaturated/α-hetero) is 2. The van der Waals surface area contributed by atoms with Crippen LogP contribution in [0, 0.1) is 11.8 Å². The number of aliphatic hydroxyl groups is 3. The van der Waals surface area contributed by atoms with Gasteiger partial charge in [-0.25, -0.2) is 0 Å². The van der Waals surface area contributed by atoms with Gasteiger partial charge in [-0.05, 0) is 68.1 Å². The van der Waals surface area contributed by atoms with E-state index in [4.69, 9.17) is 5.73 Å². The minimum absolute atomic E-state index is 0.0367. The molecule has 0 spiro atoms. The first-order chi connectivity index (χ1) is 18.4. The number of likely N-dealkylation sites (N-methyl/N-ethyl adjacent to an activating group) is 1. The van der Waals surface area contributed by atoms with Crippen LogP contribution in [0.15, 0.2) is 47.5 Å². The van der Waals surface area contributed by atoms with Crippen molar-refractivity contribution in [3.05, 3.63) is 64.2 Å². The van der Waals surface area contributed by atoms with Crippen LogP contribution in [0.25, 0.3) is 16.9 Å². The first kappa shape index (κ1) is 26.6. The van der Waals surface area contributed by atoms with Gasteiger partial charge in [-0.2, -0.15) is 0 Å². The summed E-state index contributed by atoms with van der Waals surface area (Å²) in [7, 11) is 3.14. The van der Waals surface area contributed by atoms with Crippen LogP contribution in [0.1, 0.15) is 36.5 Å². The van der Waals surface area contributed by atoms with Crippen LogP contribution in [0.3, 0.4) is 0 Å². The second-order valence-corrected chi connectivity index (χ2v) is 10.8. The molecule has 1 saturated carbocycles. The summed E-state index contributed by atoms with van der Waals surface area (Å²) in [6.07, 6.45) is 5.51. The molecule has 3 aliphatic carbocycles. The van der Waals surface area contributed by atoms with Gasteiger partial charge < -0.3 is 26.2 Å². The number of hydrogen-bond acceptors (Lipinski definition) is 9. The number of benzene rings is 1. The number of carbonyl (C=O) groups is 3. The Balaban J connectivity index is 1.72. The van der Waals surface area contributed by atoms with Crippen LogP contribution < -0.4 is 5.73 Å². The van der Waals surface area contributed by atoms with E-state index in [-0.39, 0.29) is 29.7 Å². The van der Waals surface area contributed by atoms with Crippen LogP contribution in [0.2, 0.25) is 0 Å². The number of hydrogen-bond donors (Lipinski definition) is 5. The summed E-state index contributed by atoms with van der Waals surface area (Å²) in [4.78, 5) is 45.1. The number of amides is 1. The predicted octanol–water partition coefficient (Wildman–Crippen LogP) is 1.98. The van der Waals surface area contributed by atoms with E-state index in [1.165, 1.54) is 11.0 Å². The number of primary amides is 1. The Morgan fingerprint density at radius 1 is 1.18 bits per heavy atom. The molecule has 0 bridgehead atoms. The van der Waals surface area contributed by atoms with Crippen molar-refractivity contribution in [1.29, 1.82) is 0 Å². The molecule has 204 valence electrons. The molecule has 1 fully saturated rings. The predicted molar refractivity (Wildman–Crippen MR) is 141 cm³/mol. The van der Waals surface area contributed by atoms with Crippen molar-refractivity contribution >= 4 is 23.2 Å². The highest BCUT2D eigenvalue weighted by atomic mass is 16.3. The second-order valence-electron chi connectivity index (χ2n) is 10.8. The van der Waals surface area contributed by atoms with Crippen LogP contribution >= 0.6 is 0 Å². The van der Waals surface area contributed by atoms with Crippen LogP contribution in [0.4, 0.5) is 0 Å². The average molecular weight is 534 g/mol. The summed E-state index contributed by atoms with van der Waals surface area (Å²) in [5.74, 6) is -6.69. The number of aromatic hydroxyl groups is 1. The molecule has 6 N–H and O–H groups in total. The number of aliphatic hydroxyl groups excluding tert-OH is 2. The molecule has 10 nitrogen and oxygen atoms in total. The third-order valence-corrected chi connectivity index (χ3v) is 8.25. The third-order valence-electron chi connectivity index (χ3n) is 8.25. The summed E-state index contributed by atoms with van der Waals surface area (Å²) >= 11 is 0. The van der Waals surface area contributed by atoms with E-state index in [2.05, 4.69) is 11.9 Å². The number of nitrogens with zero attached hydrogens (tertiary/aromatic N) is 2. The molecule has 2 aromatic rings. The number of aryl methyl sites for hydroxylation is 1. The van der Waals surface area contributed by atoms with Gasteiger partial charge in [-0.3, -0.25) is 24.3 Å². The smallest absolute Gasteiger partial charge is 0.255 e. The van der Waals surface area contributed by atoms with Crippen molar-refractivity contribution in [2.75, 3.05) is 14.1 Å². The monoisotopic (exact) mass is 533 g/mol. The number of ketones is 2. The van der Waals surface area contributed by atoms with E-state index in [0.29, 0.717) is 5.56 Å². The Hall–Kier alpha value is -4.02. The molecule has 0 radical (unpaired) electrons. The molecular formula is C29H31N3O7. The van der Waals surface area contributed by atoms with Crippen molar-refractivity contribution in [3.8, 4) is 16.9 Å². The maximum Gasteiger partial charge on any atom is 0.255 e. The van der Waals surface area contributed by atoms with Gasteiger partial charge in [0.1, 0.15) is 22.8 Å². The normalized spacial score (nSPS) is 26.4. The summed E-state index contributed by atoms with van der Waals surface area (Å²) in [6.45, 7) is 2.07. The van der Waals surface area contributed by atoms with Gasteiger partial charge in [0.25, 0.3) is 5.91 Å². The lowest BCUT2D eigenvalue weighted by Gasteiger charge is -2.50. The lowest BCUT2D eigenvalue weighted by Crippen LogP contribution is -2.65. The van der Waals surface area contributed by atoms with Crippen molar-refractivity contribution in [3.63, 3.8) is 0 Å². The quantitative estimate of drug-likeness (QED) is 0.360. The topological polar surface area (TPSA) is 174 Å². The molecule has 1 heterocycles. The first-order valence-electron chi connectivity index (χ1n) is 12.9. The molecule has 10 heteroatoms. The van der Waals surface area contributed by atoms with Gasteiger partial charge in [-0.15, -0.1) is 0 Å². The number of carbonyl (C=O) groups excluding carboxylic acids is 3. The molecule has 5 rings (SSSR count). The molecule has 39 heavy (non-hydrogen) atoms. The number of fused-ring (bicyclic) bond motifs is 3. The molecule has 0 saturated heterocycles. The lowest BCUT2D eigenvalue weighted by molar-refractivity contribution is -0.153. The number of aromatic nitrogens is 1. The average Bonchev–Trinajstić information content (AvgIpc) is 2.86. The Kier molecular flexibility index (Phi) is 6.35.